The van der Waals surface area contributed by atoms with E-state index < -0.39 is 22.5 Å². The van der Waals surface area contributed by atoms with Crippen molar-refractivity contribution >= 4 is 29.1 Å². The van der Waals surface area contributed by atoms with Crippen LogP contribution in [0.5, 0.6) is 11.5 Å². The molecule has 2 aromatic carbocycles. The van der Waals surface area contributed by atoms with Gasteiger partial charge in [0.2, 0.25) is 0 Å². The highest BCUT2D eigenvalue weighted by Gasteiger charge is 2.35. The van der Waals surface area contributed by atoms with Crippen molar-refractivity contribution in [1.29, 1.82) is 0 Å². The highest BCUT2D eigenvalue weighted by Crippen LogP contribution is 2.38. The number of thiazole rings is 1. The number of nitro benzene ring substituents is 1. The highest BCUT2D eigenvalue weighted by molar-refractivity contribution is 7.07. The maximum absolute atomic E-state index is 14.0. The summed E-state index contributed by atoms with van der Waals surface area (Å²) in [6, 6.07) is 10.9. The molecule has 0 bridgehead atoms. The van der Waals surface area contributed by atoms with Gasteiger partial charge in [0.25, 0.3) is 11.2 Å². The Hall–Kier alpha value is -4.97. The Morgan fingerprint density at radius 1 is 1.14 bits per heavy atom. The van der Waals surface area contributed by atoms with Crippen molar-refractivity contribution in [3.8, 4) is 22.8 Å². The van der Waals surface area contributed by atoms with E-state index in [1.165, 1.54) is 24.9 Å². The maximum Gasteiger partial charge on any atom is 0.338 e. The van der Waals surface area contributed by atoms with Crippen LogP contribution in [-0.2, 0) is 9.53 Å². The predicted octanol–water partition coefficient (Wildman–Crippen LogP) is 4.60. The number of rotatable bonds is 8. The normalized spacial score (nSPS) is 14.7. The summed E-state index contributed by atoms with van der Waals surface area (Å²) in [6.45, 7) is 7.06. The number of nitrogens with zero attached hydrogens (tertiary/aromatic N) is 3. The molecule has 43 heavy (non-hydrogen) atoms. The number of hydrogen-bond acceptors (Lipinski definition) is 10. The summed E-state index contributed by atoms with van der Waals surface area (Å²) in [5.74, 6) is 1.18. The third-order valence-corrected chi connectivity index (χ3v) is 8.25. The van der Waals surface area contributed by atoms with Crippen molar-refractivity contribution in [2.75, 3.05) is 20.8 Å². The molecule has 0 spiro atoms. The van der Waals surface area contributed by atoms with Crippen LogP contribution < -0.4 is 24.4 Å². The maximum atomic E-state index is 14.0. The van der Waals surface area contributed by atoms with Gasteiger partial charge >= 0.3 is 5.97 Å². The summed E-state index contributed by atoms with van der Waals surface area (Å²) in [5, 5.41) is 11.5. The number of allylic oxidation sites excluding steroid dienone is 1. The van der Waals surface area contributed by atoms with Gasteiger partial charge in [0, 0.05) is 28.8 Å². The minimum atomic E-state index is -0.897. The number of aromatic nitrogens is 1. The molecule has 0 radical (unpaired) electrons. The fourth-order valence-corrected chi connectivity index (χ4v) is 6.05. The molecule has 1 aliphatic heterocycles. The van der Waals surface area contributed by atoms with Gasteiger partial charge in [0.15, 0.2) is 4.80 Å². The van der Waals surface area contributed by atoms with Crippen molar-refractivity contribution in [3.63, 3.8) is 0 Å². The SMILES string of the molecule is CCOC(=O)C1=C(C)N=c2s/c(=C\c3ccc(-c4cc(C)c(C)c([N+](=O)[O-])c4)o3)c(=O)n2C1c1cc(OC)ccc1OC. The molecule has 0 saturated heterocycles. The van der Waals surface area contributed by atoms with E-state index in [0.717, 1.165) is 16.9 Å². The van der Waals surface area contributed by atoms with E-state index >= 15 is 0 Å². The van der Waals surface area contributed by atoms with Gasteiger partial charge in [-0.3, -0.25) is 19.5 Å². The number of nitro groups is 1. The number of benzene rings is 2. The zero-order valence-electron chi connectivity index (χ0n) is 24.4. The lowest BCUT2D eigenvalue weighted by atomic mass is 9.95. The van der Waals surface area contributed by atoms with Crippen LogP contribution >= 0.6 is 11.3 Å². The minimum Gasteiger partial charge on any atom is -0.497 e. The van der Waals surface area contributed by atoms with Crippen LogP contribution in [0.25, 0.3) is 17.4 Å². The Morgan fingerprint density at radius 3 is 2.58 bits per heavy atom. The lowest BCUT2D eigenvalue weighted by Crippen LogP contribution is -2.40. The summed E-state index contributed by atoms with van der Waals surface area (Å²) in [5.41, 5.74) is 2.66. The van der Waals surface area contributed by atoms with Gasteiger partial charge in [0.05, 0.1) is 41.6 Å². The van der Waals surface area contributed by atoms with Crippen LogP contribution in [0.4, 0.5) is 5.69 Å². The first-order valence-electron chi connectivity index (χ1n) is 13.3. The lowest BCUT2D eigenvalue weighted by molar-refractivity contribution is -0.385. The van der Waals surface area contributed by atoms with Crippen molar-refractivity contribution in [3.05, 3.63) is 106 Å². The number of esters is 1. The Morgan fingerprint density at radius 2 is 1.91 bits per heavy atom. The number of methoxy groups -OCH3 is 2. The second-order valence-corrected chi connectivity index (χ2v) is 10.8. The van der Waals surface area contributed by atoms with Gasteiger partial charge in [-0.15, -0.1) is 0 Å². The fraction of sp³-hybridized carbons (Fsp3) is 0.258. The van der Waals surface area contributed by atoms with Crippen LogP contribution in [0.15, 0.2) is 67.9 Å². The van der Waals surface area contributed by atoms with Gasteiger partial charge in [-0.1, -0.05) is 11.3 Å². The van der Waals surface area contributed by atoms with E-state index in [1.807, 2.05) is 6.07 Å². The molecule has 4 aromatic rings. The van der Waals surface area contributed by atoms with E-state index in [4.69, 9.17) is 18.6 Å². The second kappa shape index (κ2) is 11.7. The quantitative estimate of drug-likeness (QED) is 0.162. The summed E-state index contributed by atoms with van der Waals surface area (Å²) in [6.07, 6.45) is 1.59. The van der Waals surface area contributed by atoms with Gasteiger partial charge in [-0.2, -0.15) is 0 Å². The largest absolute Gasteiger partial charge is 0.497 e. The summed E-state index contributed by atoms with van der Waals surface area (Å²) in [7, 11) is 3.03. The number of hydrogen-bond donors (Lipinski definition) is 0. The van der Waals surface area contributed by atoms with Crippen molar-refractivity contribution in [2.45, 2.75) is 33.7 Å². The molecular weight excluding hydrogens is 574 g/mol. The molecule has 11 nitrogen and oxygen atoms in total. The first-order valence-corrected chi connectivity index (χ1v) is 14.2. The van der Waals surface area contributed by atoms with Gasteiger partial charge in [-0.25, -0.2) is 9.79 Å². The molecule has 1 unspecified atom stereocenters. The van der Waals surface area contributed by atoms with E-state index in [0.29, 0.717) is 54.7 Å². The number of ether oxygens (including phenoxy) is 3. The molecule has 1 atom stereocenters. The molecule has 2 aromatic heterocycles. The molecule has 12 heteroatoms. The van der Waals surface area contributed by atoms with Crippen molar-refractivity contribution < 1.29 is 28.3 Å². The summed E-state index contributed by atoms with van der Waals surface area (Å²) >= 11 is 1.15. The van der Waals surface area contributed by atoms with E-state index in [9.17, 15) is 19.7 Å². The zero-order chi connectivity index (χ0) is 31.0. The van der Waals surface area contributed by atoms with Gasteiger partial charge < -0.3 is 18.6 Å². The van der Waals surface area contributed by atoms with Crippen LogP contribution in [0, 0.1) is 24.0 Å². The molecule has 0 fully saturated rings. The van der Waals surface area contributed by atoms with Gasteiger partial charge in [0.1, 0.15) is 29.1 Å². The van der Waals surface area contributed by atoms with Gasteiger partial charge in [-0.05, 0) is 69.7 Å². The lowest BCUT2D eigenvalue weighted by Gasteiger charge is -2.26. The highest BCUT2D eigenvalue weighted by atomic mass is 32.1. The first kappa shape index (κ1) is 29.5. The number of carbonyl (C=O) groups is 1. The van der Waals surface area contributed by atoms with E-state index in [2.05, 4.69) is 4.99 Å². The zero-order valence-corrected chi connectivity index (χ0v) is 25.2. The summed E-state index contributed by atoms with van der Waals surface area (Å²) < 4.78 is 24.2. The molecule has 222 valence electrons. The average Bonchev–Trinajstić information content (AvgIpc) is 3.57. The Labute approximate surface area is 250 Å². The molecule has 5 rings (SSSR count). The standard InChI is InChI=1S/C31H29N3O8S/c1-7-41-30(36)27-18(4)32-31-33(28(27)22-14-20(39-5)8-11-25(22)40-6)29(35)26(43-31)15-21-9-10-24(42-21)19-12-16(2)17(3)23(13-19)34(37)38/h8-15,28H,7H2,1-6H3/b26-15-. The molecule has 1 aliphatic rings. The van der Waals surface area contributed by atoms with E-state index in [-0.39, 0.29) is 17.9 Å². The third-order valence-electron chi connectivity index (χ3n) is 7.27. The van der Waals surface area contributed by atoms with Crippen LogP contribution in [0.3, 0.4) is 0 Å². The summed E-state index contributed by atoms with van der Waals surface area (Å²) in [4.78, 5) is 43.3. The monoisotopic (exact) mass is 603 g/mol. The van der Waals surface area contributed by atoms with Crippen LogP contribution in [-0.4, -0.2) is 36.3 Å². The minimum absolute atomic E-state index is 0.00186. The number of aryl methyl sites for hydroxylation is 1. The molecule has 3 heterocycles. The average molecular weight is 604 g/mol. The number of fused-ring (bicyclic) bond motifs is 1. The third kappa shape index (κ3) is 5.37. The Kier molecular flexibility index (Phi) is 8.05. The molecular formula is C31H29N3O8S. The van der Waals surface area contributed by atoms with Crippen LogP contribution in [0.1, 0.15) is 42.3 Å². The smallest absolute Gasteiger partial charge is 0.338 e. The Balaban J connectivity index is 1.67. The fourth-order valence-electron chi connectivity index (χ4n) is 5.03. The molecule has 0 saturated carbocycles. The molecule has 0 amide bonds. The van der Waals surface area contributed by atoms with Crippen LogP contribution in [0.2, 0.25) is 0 Å². The van der Waals surface area contributed by atoms with Crippen molar-refractivity contribution in [1.82, 2.24) is 4.57 Å². The number of furan rings is 1. The molecule has 0 aliphatic carbocycles. The Bertz CT molecular complexity index is 1980. The second-order valence-electron chi connectivity index (χ2n) is 9.81. The molecule has 0 N–H and O–H groups in total. The number of carbonyl (C=O) groups excluding carboxylic acids is 1. The topological polar surface area (TPSA) is 135 Å². The van der Waals surface area contributed by atoms with Crippen molar-refractivity contribution in [2.24, 2.45) is 4.99 Å². The van der Waals surface area contributed by atoms with E-state index in [1.54, 1.807) is 64.1 Å². The predicted molar refractivity (Wildman–Crippen MR) is 160 cm³/mol. The first-order chi connectivity index (χ1) is 20.6.